The molecule has 0 bridgehead atoms. The first-order valence-electron chi connectivity index (χ1n) is 5.45. The zero-order valence-electron chi connectivity index (χ0n) is 9.42. The highest BCUT2D eigenvalue weighted by molar-refractivity contribution is 9.10. The number of hydrogen-bond acceptors (Lipinski definition) is 3. The van der Waals surface area contributed by atoms with Crippen LogP contribution >= 0.6 is 15.9 Å². The molecule has 0 radical (unpaired) electrons. The van der Waals surface area contributed by atoms with Crippen molar-refractivity contribution < 1.29 is 4.39 Å². The Hall–Kier alpha value is -0.680. The molecule has 0 atom stereocenters. The lowest BCUT2D eigenvalue weighted by atomic mass is 10.3. The number of halogens is 2. The minimum atomic E-state index is -0.292. The Morgan fingerprint density at radius 1 is 1.50 bits per heavy atom. The molecular weight excluding hydrogens is 273 g/mol. The summed E-state index contributed by atoms with van der Waals surface area (Å²) in [7, 11) is 0. The van der Waals surface area contributed by atoms with Crippen LogP contribution in [0.1, 0.15) is 19.8 Å². The average Bonchev–Trinajstić information content (AvgIpc) is 2.25. The van der Waals surface area contributed by atoms with Crippen molar-refractivity contribution in [2.24, 2.45) is 5.73 Å². The predicted molar refractivity (Wildman–Crippen MR) is 68.1 cm³/mol. The van der Waals surface area contributed by atoms with E-state index in [1.165, 1.54) is 6.07 Å². The highest BCUT2D eigenvalue weighted by Gasteiger charge is 2.12. The van der Waals surface area contributed by atoms with Gasteiger partial charge in [0.05, 0.1) is 0 Å². The number of rotatable bonds is 6. The van der Waals surface area contributed by atoms with Crippen LogP contribution in [0.15, 0.2) is 16.7 Å². The quantitative estimate of drug-likeness (QED) is 0.875. The van der Waals surface area contributed by atoms with Gasteiger partial charge < -0.3 is 10.6 Å². The van der Waals surface area contributed by atoms with Crippen LogP contribution in [-0.2, 0) is 0 Å². The summed E-state index contributed by atoms with van der Waals surface area (Å²) >= 11 is 3.20. The molecule has 0 fully saturated rings. The van der Waals surface area contributed by atoms with Gasteiger partial charge in [-0.15, -0.1) is 0 Å². The Morgan fingerprint density at radius 2 is 2.25 bits per heavy atom. The highest BCUT2D eigenvalue weighted by atomic mass is 79.9. The van der Waals surface area contributed by atoms with E-state index < -0.39 is 0 Å². The molecule has 1 aromatic rings. The summed E-state index contributed by atoms with van der Waals surface area (Å²) in [5.41, 5.74) is 5.46. The Kier molecular flexibility index (Phi) is 5.69. The lowest BCUT2D eigenvalue weighted by Gasteiger charge is -2.23. The summed E-state index contributed by atoms with van der Waals surface area (Å²) in [6.45, 7) is 4.21. The molecule has 3 nitrogen and oxygen atoms in total. The molecule has 90 valence electrons. The van der Waals surface area contributed by atoms with Gasteiger partial charge in [0.1, 0.15) is 0 Å². The van der Waals surface area contributed by atoms with Crippen molar-refractivity contribution in [3.63, 3.8) is 0 Å². The van der Waals surface area contributed by atoms with Crippen LogP contribution in [0.5, 0.6) is 0 Å². The maximum absolute atomic E-state index is 13.7. The fraction of sp³-hybridized carbons (Fsp3) is 0.545. The maximum atomic E-state index is 13.7. The Balaban J connectivity index is 2.82. The SMILES string of the molecule is CCCN(CCCN)c1ncc(Br)cc1F. The number of anilines is 1. The van der Waals surface area contributed by atoms with Crippen molar-refractivity contribution in [3.05, 3.63) is 22.6 Å². The molecule has 16 heavy (non-hydrogen) atoms. The molecule has 0 aliphatic carbocycles. The third kappa shape index (κ3) is 3.72. The third-order valence-corrected chi connectivity index (χ3v) is 2.65. The number of nitrogens with two attached hydrogens (primary N) is 1. The molecule has 5 heteroatoms. The van der Waals surface area contributed by atoms with E-state index in [1.54, 1.807) is 6.20 Å². The number of nitrogens with zero attached hydrogens (tertiary/aromatic N) is 2. The molecule has 0 amide bonds. The number of aromatic nitrogens is 1. The van der Waals surface area contributed by atoms with Crippen molar-refractivity contribution in [2.75, 3.05) is 24.5 Å². The summed E-state index contributed by atoms with van der Waals surface area (Å²) in [6, 6.07) is 1.44. The molecule has 0 unspecified atom stereocenters. The Labute approximate surface area is 104 Å². The van der Waals surface area contributed by atoms with Gasteiger partial charge in [-0.05, 0) is 41.4 Å². The normalized spacial score (nSPS) is 10.5. The predicted octanol–water partition coefficient (Wildman–Crippen LogP) is 2.55. The molecular formula is C11H17BrFN3. The van der Waals surface area contributed by atoms with Gasteiger partial charge in [0.25, 0.3) is 0 Å². The van der Waals surface area contributed by atoms with Gasteiger partial charge in [0, 0.05) is 23.8 Å². The van der Waals surface area contributed by atoms with Gasteiger partial charge in [-0.2, -0.15) is 0 Å². The van der Waals surface area contributed by atoms with Gasteiger partial charge in [0.2, 0.25) is 0 Å². The molecule has 0 aliphatic heterocycles. The first kappa shape index (κ1) is 13.4. The summed E-state index contributed by atoms with van der Waals surface area (Å²) in [6.07, 6.45) is 3.42. The largest absolute Gasteiger partial charge is 0.354 e. The summed E-state index contributed by atoms with van der Waals surface area (Å²) < 4.78 is 14.3. The minimum Gasteiger partial charge on any atom is -0.354 e. The fourth-order valence-corrected chi connectivity index (χ4v) is 1.82. The van der Waals surface area contributed by atoms with Crippen LogP contribution in [-0.4, -0.2) is 24.6 Å². The van der Waals surface area contributed by atoms with Crippen LogP contribution in [0.3, 0.4) is 0 Å². The first-order valence-corrected chi connectivity index (χ1v) is 6.24. The van der Waals surface area contributed by atoms with Crippen molar-refractivity contribution in [1.82, 2.24) is 4.98 Å². The molecule has 0 aromatic carbocycles. The molecule has 0 spiro atoms. The lowest BCUT2D eigenvalue weighted by molar-refractivity contribution is 0.601. The summed E-state index contributed by atoms with van der Waals surface area (Å²) in [5.74, 6) is 0.123. The van der Waals surface area contributed by atoms with Crippen LogP contribution in [0, 0.1) is 5.82 Å². The smallest absolute Gasteiger partial charge is 0.166 e. The molecule has 1 rings (SSSR count). The zero-order chi connectivity index (χ0) is 12.0. The molecule has 1 heterocycles. The van der Waals surface area contributed by atoms with Crippen LogP contribution < -0.4 is 10.6 Å². The molecule has 1 aromatic heterocycles. The van der Waals surface area contributed by atoms with Gasteiger partial charge in [-0.25, -0.2) is 9.37 Å². The monoisotopic (exact) mass is 289 g/mol. The van der Waals surface area contributed by atoms with E-state index in [2.05, 4.69) is 27.8 Å². The first-order chi connectivity index (χ1) is 7.69. The fourth-order valence-electron chi connectivity index (χ4n) is 1.52. The van der Waals surface area contributed by atoms with E-state index in [0.29, 0.717) is 16.8 Å². The average molecular weight is 290 g/mol. The topological polar surface area (TPSA) is 42.1 Å². The van der Waals surface area contributed by atoms with Gasteiger partial charge in [0.15, 0.2) is 11.6 Å². The van der Waals surface area contributed by atoms with E-state index in [0.717, 1.165) is 25.9 Å². The molecule has 0 saturated carbocycles. The van der Waals surface area contributed by atoms with Crippen molar-refractivity contribution in [2.45, 2.75) is 19.8 Å². The van der Waals surface area contributed by atoms with E-state index in [4.69, 9.17) is 5.73 Å². The molecule has 0 aliphatic rings. The lowest BCUT2D eigenvalue weighted by Crippen LogP contribution is -2.28. The second-order valence-corrected chi connectivity index (χ2v) is 4.50. The van der Waals surface area contributed by atoms with Gasteiger partial charge in [-0.3, -0.25) is 0 Å². The maximum Gasteiger partial charge on any atom is 0.166 e. The summed E-state index contributed by atoms with van der Waals surface area (Å²) in [5, 5.41) is 0. The molecule has 0 saturated heterocycles. The Bertz CT molecular complexity index is 333. The molecule has 2 N–H and O–H groups in total. The second-order valence-electron chi connectivity index (χ2n) is 3.59. The van der Waals surface area contributed by atoms with E-state index >= 15 is 0 Å². The zero-order valence-corrected chi connectivity index (χ0v) is 11.0. The highest BCUT2D eigenvalue weighted by Crippen LogP contribution is 2.20. The summed E-state index contributed by atoms with van der Waals surface area (Å²) in [4.78, 5) is 6.05. The van der Waals surface area contributed by atoms with E-state index in [-0.39, 0.29) is 5.82 Å². The van der Waals surface area contributed by atoms with Crippen molar-refractivity contribution in [1.29, 1.82) is 0 Å². The number of hydrogen-bond donors (Lipinski definition) is 1. The third-order valence-electron chi connectivity index (χ3n) is 2.21. The minimum absolute atomic E-state index is 0.292. The standard InChI is InChI=1S/C11H17BrFN3/c1-2-5-16(6-3-4-14)11-10(13)7-9(12)8-15-11/h7-8H,2-6,14H2,1H3. The van der Waals surface area contributed by atoms with Crippen LogP contribution in [0.25, 0.3) is 0 Å². The Morgan fingerprint density at radius 3 is 2.81 bits per heavy atom. The van der Waals surface area contributed by atoms with Gasteiger partial charge in [-0.1, -0.05) is 6.92 Å². The van der Waals surface area contributed by atoms with Crippen LogP contribution in [0.4, 0.5) is 10.2 Å². The van der Waals surface area contributed by atoms with Gasteiger partial charge >= 0.3 is 0 Å². The van der Waals surface area contributed by atoms with E-state index in [9.17, 15) is 4.39 Å². The van der Waals surface area contributed by atoms with Crippen LogP contribution in [0.2, 0.25) is 0 Å². The van der Waals surface area contributed by atoms with Crippen molar-refractivity contribution in [3.8, 4) is 0 Å². The van der Waals surface area contributed by atoms with E-state index in [1.807, 2.05) is 4.90 Å². The second kappa shape index (κ2) is 6.81. The number of pyridine rings is 1. The van der Waals surface area contributed by atoms with Crippen molar-refractivity contribution >= 4 is 21.7 Å².